The first kappa shape index (κ1) is 27.0. The number of para-hydroxylation sites is 1. The fraction of sp³-hybridized carbons (Fsp3) is 0.391. The van der Waals surface area contributed by atoms with E-state index in [1.54, 1.807) is 44.2 Å². The highest BCUT2D eigenvalue weighted by Crippen LogP contribution is 2.26. The summed E-state index contributed by atoms with van der Waals surface area (Å²) in [6.45, 7) is 5.24. The van der Waals surface area contributed by atoms with Crippen molar-refractivity contribution < 1.29 is 18.0 Å². The monoisotopic (exact) mass is 513 g/mol. The first-order valence-corrected chi connectivity index (χ1v) is 13.2. The third kappa shape index (κ3) is 7.09. The number of amides is 2. The summed E-state index contributed by atoms with van der Waals surface area (Å²) in [4.78, 5) is 27.4. The number of benzene rings is 2. The normalized spacial score (nSPS) is 12.2. The van der Waals surface area contributed by atoms with Gasteiger partial charge in [0.1, 0.15) is 12.6 Å². The number of carbonyl (C=O) groups is 2. The Balaban J connectivity index is 2.45. The van der Waals surface area contributed by atoms with E-state index in [-0.39, 0.29) is 12.5 Å². The molecule has 0 fully saturated rings. The summed E-state index contributed by atoms with van der Waals surface area (Å²) in [5.74, 6) is -0.882. The fourth-order valence-corrected chi connectivity index (χ4v) is 4.73. The summed E-state index contributed by atoms with van der Waals surface area (Å²) in [6, 6.07) is 11.0. The van der Waals surface area contributed by atoms with Crippen molar-refractivity contribution in [1.29, 1.82) is 0 Å². The van der Waals surface area contributed by atoms with Gasteiger partial charge in [-0.2, -0.15) is 0 Å². The van der Waals surface area contributed by atoms with Gasteiger partial charge in [-0.3, -0.25) is 13.9 Å². The Bertz CT molecular complexity index is 1110. The van der Waals surface area contributed by atoms with E-state index in [1.165, 1.54) is 4.90 Å². The lowest BCUT2D eigenvalue weighted by molar-refractivity contribution is -0.139. The summed E-state index contributed by atoms with van der Waals surface area (Å²) < 4.78 is 26.4. The molecule has 1 N–H and O–H groups in total. The Hall–Kier alpha value is -2.29. The largest absolute Gasteiger partial charge is 0.355 e. The van der Waals surface area contributed by atoms with Crippen molar-refractivity contribution in [3.8, 4) is 0 Å². The molecule has 0 spiro atoms. The second-order valence-electron chi connectivity index (χ2n) is 7.58. The molecule has 0 aliphatic rings. The maximum Gasteiger partial charge on any atom is 0.244 e. The molecule has 2 aromatic rings. The van der Waals surface area contributed by atoms with Crippen LogP contribution < -0.4 is 9.62 Å². The topological polar surface area (TPSA) is 86.8 Å². The number of carbonyl (C=O) groups excluding carboxylic acids is 2. The summed E-state index contributed by atoms with van der Waals surface area (Å²) in [5, 5.41) is 3.49. The molecule has 10 heteroatoms. The van der Waals surface area contributed by atoms with Crippen molar-refractivity contribution in [2.24, 2.45) is 0 Å². The summed E-state index contributed by atoms with van der Waals surface area (Å²) in [5.41, 5.74) is 1.82. The predicted molar refractivity (Wildman–Crippen MR) is 133 cm³/mol. The molecule has 7 nitrogen and oxygen atoms in total. The molecule has 33 heavy (non-hydrogen) atoms. The van der Waals surface area contributed by atoms with E-state index in [0.717, 1.165) is 16.1 Å². The average molecular weight is 514 g/mol. The van der Waals surface area contributed by atoms with Crippen LogP contribution in [0.5, 0.6) is 0 Å². The Morgan fingerprint density at radius 3 is 2.30 bits per heavy atom. The molecule has 180 valence electrons. The van der Waals surface area contributed by atoms with Crippen molar-refractivity contribution in [2.75, 3.05) is 23.7 Å². The molecule has 2 amide bonds. The number of aryl methyl sites for hydroxylation is 1. The van der Waals surface area contributed by atoms with Gasteiger partial charge in [0, 0.05) is 23.1 Å². The Kier molecular flexibility index (Phi) is 9.57. The standard InChI is InChI=1S/C23H29Cl2N3O4S/c1-5-17-9-7-8-10-21(17)28(33(4,31)32)15-22(29)27(16(3)23(30)26-6-2)14-18-11-12-19(24)13-20(18)25/h7-13,16H,5-6,14-15H2,1-4H3,(H,26,30)/t16-/m0/s1. The number of hydrogen-bond donors (Lipinski definition) is 1. The minimum Gasteiger partial charge on any atom is -0.355 e. The van der Waals surface area contributed by atoms with E-state index in [0.29, 0.717) is 34.3 Å². The summed E-state index contributed by atoms with van der Waals surface area (Å²) in [7, 11) is -3.78. The quantitative estimate of drug-likeness (QED) is 0.522. The second-order valence-corrected chi connectivity index (χ2v) is 10.3. The highest BCUT2D eigenvalue weighted by molar-refractivity contribution is 7.92. The Morgan fingerprint density at radius 2 is 1.73 bits per heavy atom. The SMILES string of the molecule is CCNC(=O)[C@H](C)N(Cc1ccc(Cl)cc1Cl)C(=O)CN(c1ccccc1CC)S(C)(=O)=O. The maximum atomic E-state index is 13.5. The fourth-order valence-electron chi connectivity index (χ4n) is 3.39. The minimum absolute atomic E-state index is 0.0141. The van der Waals surface area contributed by atoms with Gasteiger partial charge in [-0.15, -0.1) is 0 Å². The van der Waals surface area contributed by atoms with Crippen LogP contribution >= 0.6 is 23.2 Å². The number of nitrogens with zero attached hydrogens (tertiary/aromatic N) is 2. The molecule has 0 radical (unpaired) electrons. The van der Waals surface area contributed by atoms with Crippen LogP contribution in [0, 0.1) is 0 Å². The highest BCUT2D eigenvalue weighted by atomic mass is 35.5. The zero-order chi connectivity index (χ0) is 24.8. The minimum atomic E-state index is -3.78. The van der Waals surface area contributed by atoms with Crippen LogP contribution in [0.3, 0.4) is 0 Å². The smallest absolute Gasteiger partial charge is 0.244 e. The van der Waals surface area contributed by atoms with Gasteiger partial charge in [0.15, 0.2) is 0 Å². The number of likely N-dealkylation sites (N-methyl/N-ethyl adjacent to an activating group) is 1. The molecule has 2 aromatic carbocycles. The van der Waals surface area contributed by atoms with Gasteiger partial charge >= 0.3 is 0 Å². The van der Waals surface area contributed by atoms with Crippen LogP contribution in [-0.2, 0) is 32.6 Å². The molecule has 0 aromatic heterocycles. The van der Waals surface area contributed by atoms with Gasteiger partial charge in [-0.1, -0.05) is 54.4 Å². The van der Waals surface area contributed by atoms with E-state index < -0.39 is 28.5 Å². The lowest BCUT2D eigenvalue weighted by Crippen LogP contribution is -2.51. The molecule has 1 atom stereocenters. The lowest BCUT2D eigenvalue weighted by atomic mass is 10.1. The van der Waals surface area contributed by atoms with Crippen molar-refractivity contribution >= 4 is 50.7 Å². The van der Waals surface area contributed by atoms with Crippen LogP contribution in [-0.4, -0.2) is 50.5 Å². The van der Waals surface area contributed by atoms with Crippen molar-refractivity contribution in [3.05, 3.63) is 63.6 Å². The summed E-state index contributed by atoms with van der Waals surface area (Å²) >= 11 is 12.3. The maximum absolute atomic E-state index is 13.5. The third-order valence-electron chi connectivity index (χ3n) is 5.19. The first-order chi connectivity index (χ1) is 15.5. The van der Waals surface area contributed by atoms with Crippen LogP contribution in [0.25, 0.3) is 0 Å². The highest BCUT2D eigenvalue weighted by Gasteiger charge is 2.30. The van der Waals surface area contributed by atoms with Crippen LogP contribution in [0.1, 0.15) is 31.9 Å². The van der Waals surface area contributed by atoms with Crippen molar-refractivity contribution in [3.63, 3.8) is 0 Å². The molecular formula is C23H29Cl2N3O4S. The molecule has 0 saturated carbocycles. The van der Waals surface area contributed by atoms with Gasteiger partial charge in [-0.25, -0.2) is 8.42 Å². The molecule has 0 heterocycles. The molecule has 2 rings (SSSR count). The van der Waals surface area contributed by atoms with Crippen LogP contribution in [0.4, 0.5) is 5.69 Å². The molecule has 0 saturated heterocycles. The number of halogens is 2. The Labute approximate surface area is 205 Å². The van der Waals surface area contributed by atoms with Crippen LogP contribution in [0.15, 0.2) is 42.5 Å². The first-order valence-electron chi connectivity index (χ1n) is 10.6. The van der Waals surface area contributed by atoms with E-state index in [4.69, 9.17) is 23.2 Å². The number of sulfonamides is 1. The second kappa shape index (κ2) is 11.7. The summed E-state index contributed by atoms with van der Waals surface area (Å²) in [6.07, 6.45) is 1.65. The molecule has 0 aliphatic carbocycles. The van der Waals surface area contributed by atoms with Gasteiger partial charge in [0.25, 0.3) is 0 Å². The van der Waals surface area contributed by atoms with Gasteiger partial charge in [-0.05, 0) is 49.6 Å². The number of hydrogen-bond acceptors (Lipinski definition) is 4. The zero-order valence-electron chi connectivity index (χ0n) is 19.1. The molecule has 0 aliphatic heterocycles. The number of rotatable bonds is 10. The predicted octanol–water partition coefficient (Wildman–Crippen LogP) is 3.88. The van der Waals surface area contributed by atoms with Gasteiger partial charge < -0.3 is 10.2 Å². The molecule has 0 unspecified atom stereocenters. The number of anilines is 1. The Morgan fingerprint density at radius 1 is 1.06 bits per heavy atom. The van der Waals surface area contributed by atoms with Gasteiger partial charge in [0.2, 0.25) is 21.8 Å². The molecular weight excluding hydrogens is 485 g/mol. The van der Waals surface area contributed by atoms with E-state index >= 15 is 0 Å². The van der Waals surface area contributed by atoms with Crippen LogP contribution in [0.2, 0.25) is 10.0 Å². The van der Waals surface area contributed by atoms with E-state index in [2.05, 4.69) is 5.32 Å². The lowest BCUT2D eigenvalue weighted by Gasteiger charge is -2.32. The zero-order valence-corrected chi connectivity index (χ0v) is 21.5. The van der Waals surface area contributed by atoms with Crippen molar-refractivity contribution in [2.45, 2.75) is 39.8 Å². The molecule has 0 bridgehead atoms. The van der Waals surface area contributed by atoms with E-state index in [1.807, 2.05) is 19.1 Å². The average Bonchev–Trinajstić information content (AvgIpc) is 2.75. The third-order valence-corrected chi connectivity index (χ3v) is 6.91. The number of nitrogens with one attached hydrogen (secondary N) is 1. The van der Waals surface area contributed by atoms with E-state index in [9.17, 15) is 18.0 Å². The van der Waals surface area contributed by atoms with Crippen molar-refractivity contribution in [1.82, 2.24) is 10.2 Å². The van der Waals surface area contributed by atoms with Gasteiger partial charge in [0.05, 0.1) is 11.9 Å².